The lowest BCUT2D eigenvalue weighted by Crippen LogP contribution is -2.19. The summed E-state index contributed by atoms with van der Waals surface area (Å²) in [6.45, 7) is 1.55. The molecular formula is C15H12F5N. The van der Waals surface area contributed by atoms with Crippen LogP contribution in [-0.2, 0) is 6.54 Å². The van der Waals surface area contributed by atoms with E-state index in [2.05, 4.69) is 5.32 Å². The zero-order chi connectivity index (χ0) is 15.6. The number of hydrogen-bond acceptors (Lipinski definition) is 1. The summed E-state index contributed by atoms with van der Waals surface area (Å²) in [6, 6.07) is 4.15. The van der Waals surface area contributed by atoms with Gasteiger partial charge < -0.3 is 5.32 Å². The average Bonchev–Trinajstić information content (AvgIpc) is 2.44. The van der Waals surface area contributed by atoms with Gasteiger partial charge in [0.25, 0.3) is 0 Å². The fourth-order valence-corrected chi connectivity index (χ4v) is 1.94. The first kappa shape index (κ1) is 15.4. The first-order valence-electron chi connectivity index (χ1n) is 6.20. The molecule has 0 amide bonds. The molecule has 0 saturated carbocycles. The Morgan fingerprint density at radius 2 is 1.52 bits per heavy atom. The fraction of sp³-hybridized carbons (Fsp3) is 0.200. The molecule has 0 heterocycles. The van der Waals surface area contributed by atoms with Crippen molar-refractivity contribution in [2.75, 3.05) is 0 Å². The van der Waals surface area contributed by atoms with Gasteiger partial charge in [0.2, 0.25) is 0 Å². The van der Waals surface area contributed by atoms with E-state index in [0.29, 0.717) is 0 Å². The summed E-state index contributed by atoms with van der Waals surface area (Å²) < 4.78 is 65.6. The summed E-state index contributed by atoms with van der Waals surface area (Å²) in [4.78, 5) is 0. The number of nitrogens with one attached hydrogen (secondary N) is 1. The van der Waals surface area contributed by atoms with E-state index in [0.717, 1.165) is 30.3 Å². The van der Waals surface area contributed by atoms with Crippen LogP contribution >= 0.6 is 0 Å². The maximum atomic E-state index is 13.6. The highest BCUT2D eigenvalue weighted by Gasteiger charge is 2.14. The topological polar surface area (TPSA) is 12.0 Å². The quantitative estimate of drug-likeness (QED) is 0.658. The third-order valence-electron chi connectivity index (χ3n) is 3.08. The van der Waals surface area contributed by atoms with Crippen molar-refractivity contribution in [3.63, 3.8) is 0 Å². The second-order valence-electron chi connectivity index (χ2n) is 4.64. The van der Waals surface area contributed by atoms with Crippen molar-refractivity contribution in [1.82, 2.24) is 5.32 Å². The lowest BCUT2D eigenvalue weighted by molar-refractivity contribution is 0.443. The van der Waals surface area contributed by atoms with Crippen LogP contribution < -0.4 is 5.32 Å². The van der Waals surface area contributed by atoms with Crippen molar-refractivity contribution in [3.8, 4) is 0 Å². The van der Waals surface area contributed by atoms with Gasteiger partial charge in [0.05, 0.1) is 0 Å². The molecule has 1 unspecified atom stereocenters. The number of halogens is 5. The van der Waals surface area contributed by atoms with Crippen molar-refractivity contribution >= 4 is 0 Å². The first-order chi connectivity index (χ1) is 9.88. The molecule has 21 heavy (non-hydrogen) atoms. The van der Waals surface area contributed by atoms with Crippen LogP contribution in [0.5, 0.6) is 0 Å². The van der Waals surface area contributed by atoms with Gasteiger partial charge in [-0.3, -0.25) is 0 Å². The smallest absolute Gasteiger partial charge is 0.194 e. The summed E-state index contributed by atoms with van der Waals surface area (Å²) in [5, 5.41) is 2.79. The van der Waals surface area contributed by atoms with Gasteiger partial charge in [0.1, 0.15) is 11.6 Å². The Morgan fingerprint density at radius 3 is 2.14 bits per heavy atom. The van der Waals surface area contributed by atoms with Crippen LogP contribution in [0.1, 0.15) is 24.1 Å². The van der Waals surface area contributed by atoms with Crippen LogP contribution in [0.4, 0.5) is 22.0 Å². The predicted octanol–water partition coefficient (Wildman–Crippen LogP) is 4.23. The molecule has 112 valence electrons. The van der Waals surface area contributed by atoms with Gasteiger partial charge in [-0.1, -0.05) is 0 Å². The molecule has 0 radical (unpaired) electrons. The molecule has 0 aliphatic carbocycles. The Kier molecular flexibility index (Phi) is 4.57. The molecule has 1 N–H and O–H groups in total. The van der Waals surface area contributed by atoms with Crippen molar-refractivity contribution in [1.29, 1.82) is 0 Å². The Morgan fingerprint density at radius 1 is 0.905 bits per heavy atom. The van der Waals surface area contributed by atoms with Crippen molar-refractivity contribution in [2.24, 2.45) is 0 Å². The molecule has 0 aromatic heterocycles. The van der Waals surface area contributed by atoms with Crippen LogP contribution in [-0.4, -0.2) is 0 Å². The van der Waals surface area contributed by atoms with E-state index in [1.165, 1.54) is 0 Å². The van der Waals surface area contributed by atoms with Gasteiger partial charge in [0, 0.05) is 18.2 Å². The molecule has 0 fully saturated rings. The minimum atomic E-state index is -1.54. The van der Waals surface area contributed by atoms with Gasteiger partial charge in [-0.15, -0.1) is 0 Å². The lowest BCUT2D eigenvalue weighted by atomic mass is 10.1. The van der Waals surface area contributed by atoms with E-state index < -0.39 is 35.1 Å². The molecule has 6 heteroatoms. The van der Waals surface area contributed by atoms with Gasteiger partial charge in [-0.25, -0.2) is 22.0 Å². The van der Waals surface area contributed by atoms with Crippen LogP contribution in [0.25, 0.3) is 0 Å². The largest absolute Gasteiger partial charge is 0.306 e. The normalized spacial score (nSPS) is 12.5. The maximum Gasteiger partial charge on any atom is 0.194 e. The van der Waals surface area contributed by atoms with Crippen LogP contribution in [0, 0.1) is 29.1 Å². The van der Waals surface area contributed by atoms with Gasteiger partial charge >= 0.3 is 0 Å². The lowest BCUT2D eigenvalue weighted by Gasteiger charge is -2.15. The van der Waals surface area contributed by atoms with Crippen molar-refractivity contribution in [3.05, 3.63) is 70.5 Å². The summed E-state index contributed by atoms with van der Waals surface area (Å²) >= 11 is 0. The molecule has 0 aliphatic rings. The van der Waals surface area contributed by atoms with Crippen molar-refractivity contribution < 1.29 is 22.0 Å². The molecular weight excluding hydrogens is 289 g/mol. The highest BCUT2D eigenvalue weighted by Crippen LogP contribution is 2.19. The molecule has 0 aliphatic heterocycles. The first-order valence-corrected chi connectivity index (χ1v) is 6.20. The molecule has 0 spiro atoms. The summed E-state index contributed by atoms with van der Waals surface area (Å²) in [6.07, 6.45) is 0. The van der Waals surface area contributed by atoms with E-state index >= 15 is 0 Å². The second kappa shape index (κ2) is 6.22. The number of benzene rings is 2. The maximum absolute atomic E-state index is 13.6. The zero-order valence-corrected chi connectivity index (χ0v) is 11.1. The van der Waals surface area contributed by atoms with Crippen molar-refractivity contribution in [2.45, 2.75) is 19.5 Å². The molecule has 0 saturated heterocycles. The molecule has 0 bridgehead atoms. The molecule has 2 aromatic rings. The second-order valence-corrected chi connectivity index (χ2v) is 4.64. The van der Waals surface area contributed by atoms with Gasteiger partial charge in [-0.05, 0) is 42.8 Å². The Hall–Kier alpha value is -1.95. The van der Waals surface area contributed by atoms with E-state index in [4.69, 9.17) is 0 Å². The fourth-order valence-electron chi connectivity index (χ4n) is 1.94. The third kappa shape index (κ3) is 3.58. The Labute approximate surface area is 118 Å². The standard InChI is InChI=1S/C15H12F5N/c1-8(11-6-10(16)2-3-12(11)17)21-7-9-4-13(18)15(20)14(19)5-9/h2-6,8,21H,7H2,1H3. The minimum Gasteiger partial charge on any atom is -0.306 e. The van der Waals surface area contributed by atoms with E-state index in [9.17, 15) is 22.0 Å². The van der Waals surface area contributed by atoms with E-state index in [1.807, 2.05) is 0 Å². The van der Waals surface area contributed by atoms with Crippen LogP contribution in [0.2, 0.25) is 0 Å². The zero-order valence-electron chi connectivity index (χ0n) is 11.1. The van der Waals surface area contributed by atoms with E-state index in [-0.39, 0.29) is 17.7 Å². The Balaban J connectivity index is 2.11. The minimum absolute atomic E-state index is 0.0226. The Bertz CT molecular complexity index is 634. The number of rotatable bonds is 4. The van der Waals surface area contributed by atoms with E-state index in [1.54, 1.807) is 6.92 Å². The third-order valence-corrected chi connectivity index (χ3v) is 3.08. The molecule has 2 aromatic carbocycles. The van der Waals surface area contributed by atoms with Gasteiger partial charge in [0.15, 0.2) is 17.5 Å². The molecule has 2 rings (SSSR count). The average molecular weight is 301 g/mol. The molecule has 1 nitrogen and oxygen atoms in total. The SMILES string of the molecule is CC(NCc1cc(F)c(F)c(F)c1)c1cc(F)ccc1F. The van der Waals surface area contributed by atoms with Crippen LogP contribution in [0.3, 0.4) is 0 Å². The summed E-state index contributed by atoms with van der Waals surface area (Å²) in [5.74, 6) is -5.30. The summed E-state index contributed by atoms with van der Waals surface area (Å²) in [7, 11) is 0. The van der Waals surface area contributed by atoms with Crippen LogP contribution in [0.15, 0.2) is 30.3 Å². The predicted molar refractivity (Wildman–Crippen MR) is 67.9 cm³/mol. The molecule has 1 atom stereocenters. The number of hydrogen-bond donors (Lipinski definition) is 1. The summed E-state index contributed by atoms with van der Waals surface area (Å²) in [5.41, 5.74) is 0.258. The van der Waals surface area contributed by atoms with Gasteiger partial charge in [-0.2, -0.15) is 0 Å². The highest BCUT2D eigenvalue weighted by molar-refractivity contribution is 5.23. The highest BCUT2D eigenvalue weighted by atomic mass is 19.2. The monoisotopic (exact) mass is 301 g/mol.